The quantitative estimate of drug-likeness (QED) is 0.544. The second kappa shape index (κ2) is 4.30. The summed E-state index contributed by atoms with van der Waals surface area (Å²) in [5.74, 6) is -0.458. The Hall–Kier alpha value is -1.91. The smallest absolute Gasteiger partial charge is 0.408 e. The fourth-order valence-electron chi connectivity index (χ4n) is 1.57. The number of nitrogens with two attached hydrogens (primary N) is 1. The van der Waals surface area contributed by atoms with Gasteiger partial charge in [0.2, 0.25) is 0 Å². The number of rotatable bonds is 4. The average Bonchev–Trinajstić information content (AvgIpc) is 2.58. The molecule has 0 radical (unpaired) electrons. The van der Waals surface area contributed by atoms with E-state index in [0.29, 0.717) is 16.8 Å². The molecule has 2 aromatic rings. The van der Waals surface area contributed by atoms with E-state index in [2.05, 4.69) is 17.2 Å². The molecular weight excluding hydrogens is 206 g/mol. The molecule has 4 N–H and O–H groups in total. The van der Waals surface area contributed by atoms with Gasteiger partial charge < -0.3 is 15.5 Å². The van der Waals surface area contributed by atoms with Gasteiger partial charge in [-0.1, -0.05) is 13.3 Å². The second-order valence-electron chi connectivity index (χ2n) is 3.73. The van der Waals surface area contributed by atoms with Gasteiger partial charge in [-0.05, 0) is 12.5 Å². The minimum atomic E-state index is -0.458. The van der Waals surface area contributed by atoms with Gasteiger partial charge in [0, 0.05) is 12.6 Å². The summed E-state index contributed by atoms with van der Waals surface area (Å²) in [6.07, 6.45) is 2.21. The molecule has 0 aliphatic rings. The monoisotopic (exact) mass is 221 g/mol. The van der Waals surface area contributed by atoms with Crippen LogP contribution in [0.3, 0.4) is 0 Å². The number of anilines is 2. The van der Waals surface area contributed by atoms with Crippen molar-refractivity contribution in [1.29, 1.82) is 0 Å². The molecule has 0 spiro atoms. The van der Waals surface area contributed by atoms with E-state index in [9.17, 15) is 4.79 Å². The lowest BCUT2D eigenvalue weighted by molar-refractivity contribution is 0.555. The van der Waals surface area contributed by atoms with Crippen molar-refractivity contribution in [3.8, 4) is 0 Å². The predicted molar refractivity (Wildman–Crippen MR) is 64.6 cm³/mol. The lowest BCUT2D eigenvalue weighted by Gasteiger charge is -2.08. The summed E-state index contributed by atoms with van der Waals surface area (Å²) >= 11 is 0. The van der Waals surface area contributed by atoms with E-state index < -0.39 is 5.76 Å². The first-order chi connectivity index (χ1) is 7.70. The van der Waals surface area contributed by atoms with Crippen LogP contribution in [0.5, 0.6) is 0 Å². The highest BCUT2D eigenvalue weighted by atomic mass is 16.4. The number of nitrogen functional groups attached to an aromatic ring is 1. The molecule has 0 aliphatic heterocycles. The number of aromatic amines is 1. The Morgan fingerprint density at radius 1 is 1.50 bits per heavy atom. The number of fused-ring (bicyclic) bond motifs is 1. The van der Waals surface area contributed by atoms with Gasteiger partial charge in [0.15, 0.2) is 5.58 Å². The molecule has 0 atom stereocenters. The topological polar surface area (TPSA) is 84.0 Å². The molecule has 0 fully saturated rings. The Kier molecular flexibility index (Phi) is 2.85. The maximum atomic E-state index is 11.0. The molecule has 5 heteroatoms. The molecule has 0 unspecified atom stereocenters. The molecule has 16 heavy (non-hydrogen) atoms. The second-order valence-corrected chi connectivity index (χ2v) is 3.73. The van der Waals surface area contributed by atoms with E-state index in [1.165, 1.54) is 0 Å². The highest BCUT2D eigenvalue weighted by molar-refractivity contribution is 5.85. The summed E-state index contributed by atoms with van der Waals surface area (Å²) in [6.45, 7) is 3.00. The Bertz CT molecular complexity index is 542. The van der Waals surface area contributed by atoms with Crippen molar-refractivity contribution >= 4 is 22.5 Å². The van der Waals surface area contributed by atoms with Crippen LogP contribution in [0.4, 0.5) is 11.4 Å². The standard InChI is InChI=1S/C11H15N3O2/c1-2-3-4-13-8-6-9-10(5-7(8)12)16-11(15)14-9/h5-6,13H,2-4,12H2,1H3,(H,14,15). The van der Waals surface area contributed by atoms with Gasteiger partial charge in [-0.3, -0.25) is 4.98 Å². The molecule has 0 amide bonds. The lowest BCUT2D eigenvalue weighted by atomic mass is 10.2. The van der Waals surface area contributed by atoms with Crippen LogP contribution in [0, 0.1) is 0 Å². The zero-order valence-electron chi connectivity index (χ0n) is 9.17. The van der Waals surface area contributed by atoms with Crippen molar-refractivity contribution in [3.05, 3.63) is 22.7 Å². The van der Waals surface area contributed by atoms with Crippen LogP contribution in [-0.4, -0.2) is 11.5 Å². The van der Waals surface area contributed by atoms with Crippen LogP contribution in [0.15, 0.2) is 21.3 Å². The Balaban J connectivity index is 2.30. The number of benzene rings is 1. The number of nitrogens with one attached hydrogen (secondary N) is 2. The normalized spacial score (nSPS) is 10.8. The maximum Gasteiger partial charge on any atom is 0.417 e. The minimum absolute atomic E-state index is 0.458. The van der Waals surface area contributed by atoms with Crippen LogP contribution < -0.4 is 16.8 Å². The van der Waals surface area contributed by atoms with Crippen LogP contribution in [0.1, 0.15) is 19.8 Å². The lowest BCUT2D eigenvalue weighted by Crippen LogP contribution is -2.03. The number of hydrogen-bond acceptors (Lipinski definition) is 4. The van der Waals surface area contributed by atoms with Crippen LogP contribution in [-0.2, 0) is 0 Å². The summed E-state index contributed by atoms with van der Waals surface area (Å²) < 4.78 is 4.91. The highest BCUT2D eigenvalue weighted by Crippen LogP contribution is 2.24. The van der Waals surface area contributed by atoms with Gasteiger partial charge in [-0.2, -0.15) is 0 Å². The number of aromatic nitrogens is 1. The molecule has 0 aliphatic carbocycles. The third-order valence-electron chi connectivity index (χ3n) is 2.44. The van der Waals surface area contributed by atoms with Crippen molar-refractivity contribution in [3.63, 3.8) is 0 Å². The summed E-state index contributed by atoms with van der Waals surface area (Å²) in [6, 6.07) is 3.45. The van der Waals surface area contributed by atoms with Crippen molar-refractivity contribution in [1.82, 2.24) is 4.98 Å². The van der Waals surface area contributed by atoms with Gasteiger partial charge >= 0.3 is 5.76 Å². The Morgan fingerprint density at radius 2 is 2.31 bits per heavy atom. The number of oxazole rings is 1. The first kappa shape index (κ1) is 10.6. The minimum Gasteiger partial charge on any atom is -0.408 e. The number of unbranched alkanes of at least 4 members (excludes halogenated alkanes) is 1. The molecule has 2 rings (SSSR count). The van der Waals surface area contributed by atoms with E-state index in [0.717, 1.165) is 25.1 Å². The van der Waals surface area contributed by atoms with Crippen LogP contribution in [0.25, 0.3) is 11.1 Å². The number of hydrogen-bond donors (Lipinski definition) is 3. The van der Waals surface area contributed by atoms with E-state index in [1.54, 1.807) is 12.1 Å². The Morgan fingerprint density at radius 3 is 3.06 bits per heavy atom. The third kappa shape index (κ3) is 2.03. The molecule has 5 nitrogen and oxygen atoms in total. The first-order valence-electron chi connectivity index (χ1n) is 5.37. The zero-order chi connectivity index (χ0) is 11.5. The van der Waals surface area contributed by atoms with Crippen LogP contribution in [0.2, 0.25) is 0 Å². The molecular formula is C11H15N3O2. The van der Waals surface area contributed by atoms with Gasteiger partial charge in [0.05, 0.1) is 16.9 Å². The largest absolute Gasteiger partial charge is 0.417 e. The Labute approximate surface area is 92.6 Å². The van der Waals surface area contributed by atoms with E-state index >= 15 is 0 Å². The molecule has 86 valence electrons. The zero-order valence-corrected chi connectivity index (χ0v) is 9.17. The van der Waals surface area contributed by atoms with E-state index in [4.69, 9.17) is 10.2 Å². The molecule has 0 bridgehead atoms. The van der Waals surface area contributed by atoms with Gasteiger partial charge in [-0.15, -0.1) is 0 Å². The molecule has 1 heterocycles. The molecule has 0 saturated carbocycles. The van der Waals surface area contributed by atoms with E-state index in [1.807, 2.05) is 0 Å². The van der Waals surface area contributed by atoms with Crippen molar-refractivity contribution in [2.75, 3.05) is 17.6 Å². The molecule has 1 aromatic carbocycles. The van der Waals surface area contributed by atoms with Gasteiger partial charge in [0.25, 0.3) is 0 Å². The average molecular weight is 221 g/mol. The summed E-state index contributed by atoms with van der Waals surface area (Å²) in [5, 5.41) is 3.23. The summed E-state index contributed by atoms with van der Waals surface area (Å²) in [5.41, 5.74) is 8.41. The SMILES string of the molecule is CCCCNc1cc2[nH]c(=O)oc2cc1N. The predicted octanol–water partition coefficient (Wildman–Crippen LogP) is 1.92. The molecule has 1 aromatic heterocycles. The van der Waals surface area contributed by atoms with Crippen molar-refractivity contribution in [2.24, 2.45) is 0 Å². The first-order valence-corrected chi connectivity index (χ1v) is 5.37. The fourth-order valence-corrected chi connectivity index (χ4v) is 1.57. The summed E-state index contributed by atoms with van der Waals surface area (Å²) in [4.78, 5) is 13.6. The number of H-pyrrole nitrogens is 1. The van der Waals surface area contributed by atoms with Crippen molar-refractivity contribution in [2.45, 2.75) is 19.8 Å². The van der Waals surface area contributed by atoms with Crippen molar-refractivity contribution < 1.29 is 4.42 Å². The van der Waals surface area contributed by atoms with Gasteiger partial charge in [0.1, 0.15) is 0 Å². The van der Waals surface area contributed by atoms with E-state index in [-0.39, 0.29) is 0 Å². The highest BCUT2D eigenvalue weighted by Gasteiger charge is 2.05. The fraction of sp³-hybridized carbons (Fsp3) is 0.364. The van der Waals surface area contributed by atoms with Crippen LogP contribution >= 0.6 is 0 Å². The van der Waals surface area contributed by atoms with Gasteiger partial charge in [-0.25, -0.2) is 4.79 Å². The summed E-state index contributed by atoms with van der Waals surface area (Å²) in [7, 11) is 0. The third-order valence-corrected chi connectivity index (χ3v) is 2.44. The maximum absolute atomic E-state index is 11.0. The molecule has 0 saturated heterocycles.